The molecular formula is C35H34F4N2O4. The van der Waals surface area contributed by atoms with Crippen LogP contribution >= 0.6 is 0 Å². The van der Waals surface area contributed by atoms with E-state index in [1.165, 1.54) is 76.0 Å². The maximum Gasteiger partial charge on any atom is 0.416 e. The Bertz CT molecular complexity index is 1610. The predicted molar refractivity (Wildman–Crippen MR) is 163 cm³/mol. The molecule has 3 fully saturated rings. The molecule has 0 aliphatic heterocycles. The minimum absolute atomic E-state index is 0.0187. The topological polar surface area (TPSA) is 88.0 Å². The summed E-state index contributed by atoms with van der Waals surface area (Å²) in [6.07, 6.45) is 8.25. The molecule has 3 aliphatic carbocycles. The van der Waals surface area contributed by atoms with Crippen molar-refractivity contribution in [3.8, 4) is 16.9 Å². The van der Waals surface area contributed by atoms with Crippen LogP contribution < -0.4 is 10.1 Å². The molecule has 6 nitrogen and oxygen atoms in total. The van der Waals surface area contributed by atoms with E-state index in [4.69, 9.17) is 9.84 Å². The molecule has 0 heterocycles. The van der Waals surface area contributed by atoms with Crippen molar-refractivity contribution in [2.24, 2.45) is 22.7 Å². The van der Waals surface area contributed by atoms with Gasteiger partial charge in [0, 0.05) is 5.56 Å². The van der Waals surface area contributed by atoms with Crippen LogP contribution in [-0.4, -0.2) is 30.4 Å². The standard InChI is InChI=1S/C24H18F4N2O4.C11H16/c1-34-21-8-6-15(18-11-16(23(32)33)5-7-20(18)25)10-19(21)22(31)30-13-29-12-14-3-2-4-17(9-14)24(26,27)28;1-2-8(1)7-11-9-3-4-10(11)6-5-9/h2-11,13H,12H2,1H3,(H,32,33)(H,29,30,31);7-10H,1-6H2. The number of hydrogen-bond donors (Lipinski definition) is 2. The molecule has 6 rings (SSSR count). The van der Waals surface area contributed by atoms with E-state index < -0.39 is 29.4 Å². The Morgan fingerprint density at radius 3 is 2.31 bits per heavy atom. The average Bonchev–Trinajstić information content (AvgIpc) is 3.68. The molecule has 0 unspecified atom stereocenters. The molecule has 236 valence electrons. The van der Waals surface area contributed by atoms with Gasteiger partial charge in [-0.25, -0.2) is 9.18 Å². The van der Waals surface area contributed by atoms with E-state index in [9.17, 15) is 27.2 Å². The molecule has 2 N–H and O–H groups in total. The molecule has 0 atom stereocenters. The van der Waals surface area contributed by atoms with Gasteiger partial charge in [-0.2, -0.15) is 13.2 Å². The van der Waals surface area contributed by atoms with Crippen molar-refractivity contribution >= 4 is 18.2 Å². The molecule has 3 aromatic rings. The predicted octanol–water partition coefficient (Wildman–Crippen LogP) is 8.32. The number of amides is 1. The number of nitrogens with one attached hydrogen (secondary N) is 1. The third-order valence-electron chi connectivity index (χ3n) is 8.50. The van der Waals surface area contributed by atoms with Gasteiger partial charge in [0.25, 0.3) is 5.91 Å². The number of alkyl halides is 3. The zero-order valence-corrected chi connectivity index (χ0v) is 24.7. The quantitative estimate of drug-likeness (QED) is 0.114. The summed E-state index contributed by atoms with van der Waals surface area (Å²) in [6.45, 7) is -0.103. The molecule has 0 saturated heterocycles. The lowest BCUT2D eigenvalue weighted by Gasteiger charge is -2.11. The summed E-state index contributed by atoms with van der Waals surface area (Å²) in [4.78, 5) is 27.8. The number of ether oxygens (including phenoxy) is 1. The van der Waals surface area contributed by atoms with E-state index in [1.807, 2.05) is 5.57 Å². The molecule has 3 aliphatic rings. The molecule has 10 heteroatoms. The van der Waals surface area contributed by atoms with E-state index in [0.717, 1.165) is 54.4 Å². The second-order valence-electron chi connectivity index (χ2n) is 11.6. The van der Waals surface area contributed by atoms with Crippen molar-refractivity contribution in [3.63, 3.8) is 0 Å². The third kappa shape index (κ3) is 7.98. The number of nitrogens with zero attached hydrogens (tertiary/aromatic N) is 1. The Kier molecular flexibility index (Phi) is 9.70. The first-order valence-corrected chi connectivity index (χ1v) is 14.9. The summed E-state index contributed by atoms with van der Waals surface area (Å²) in [6, 6.07) is 12.2. The minimum atomic E-state index is -4.47. The van der Waals surface area contributed by atoms with Gasteiger partial charge in [0.1, 0.15) is 11.6 Å². The zero-order chi connectivity index (χ0) is 32.1. The van der Waals surface area contributed by atoms with Crippen molar-refractivity contribution in [2.75, 3.05) is 7.11 Å². The van der Waals surface area contributed by atoms with E-state index in [0.29, 0.717) is 5.56 Å². The number of hydrogen-bond acceptors (Lipinski definition) is 4. The smallest absolute Gasteiger partial charge is 0.416 e. The van der Waals surface area contributed by atoms with Gasteiger partial charge in [0.15, 0.2) is 0 Å². The van der Waals surface area contributed by atoms with Crippen LogP contribution in [0.15, 0.2) is 77.3 Å². The lowest BCUT2D eigenvalue weighted by atomic mass is 9.99. The monoisotopic (exact) mass is 622 g/mol. The highest BCUT2D eigenvalue weighted by Gasteiger charge is 2.37. The Morgan fingerprint density at radius 1 is 0.978 bits per heavy atom. The van der Waals surface area contributed by atoms with Gasteiger partial charge < -0.3 is 15.2 Å². The molecule has 0 radical (unpaired) electrons. The molecule has 3 saturated carbocycles. The maximum absolute atomic E-state index is 14.3. The molecule has 0 aromatic heterocycles. The Labute approximate surface area is 258 Å². The van der Waals surface area contributed by atoms with E-state index in [2.05, 4.69) is 16.4 Å². The normalized spacial score (nSPS) is 18.8. The number of carboxylic acids is 1. The van der Waals surface area contributed by atoms with Crippen LogP contribution in [0, 0.1) is 23.6 Å². The number of halogens is 4. The number of aliphatic imine (C=N–C) groups is 1. The lowest BCUT2D eigenvalue weighted by molar-refractivity contribution is -0.137. The first-order valence-electron chi connectivity index (χ1n) is 14.9. The largest absolute Gasteiger partial charge is 0.496 e. The minimum Gasteiger partial charge on any atom is -0.496 e. The van der Waals surface area contributed by atoms with Crippen molar-refractivity contribution in [2.45, 2.75) is 51.2 Å². The number of rotatable bonds is 8. The summed E-state index contributed by atoms with van der Waals surface area (Å²) in [5.74, 6) is 0.699. The third-order valence-corrected chi connectivity index (χ3v) is 8.50. The summed E-state index contributed by atoms with van der Waals surface area (Å²) >= 11 is 0. The van der Waals surface area contributed by atoms with Gasteiger partial charge in [0.2, 0.25) is 0 Å². The number of aromatic carboxylic acids is 1. The van der Waals surface area contributed by atoms with Gasteiger partial charge in [-0.3, -0.25) is 9.79 Å². The molecular weight excluding hydrogens is 588 g/mol. The Morgan fingerprint density at radius 2 is 1.69 bits per heavy atom. The van der Waals surface area contributed by atoms with Crippen LogP contribution in [0.25, 0.3) is 11.1 Å². The van der Waals surface area contributed by atoms with Crippen LogP contribution in [0.1, 0.15) is 70.4 Å². The number of allylic oxidation sites excluding steroid dienone is 2. The highest BCUT2D eigenvalue weighted by Crippen LogP contribution is 2.50. The zero-order valence-electron chi connectivity index (χ0n) is 24.7. The van der Waals surface area contributed by atoms with Gasteiger partial charge in [-0.05, 0) is 110 Å². The first kappa shape index (κ1) is 31.9. The van der Waals surface area contributed by atoms with E-state index in [1.54, 1.807) is 0 Å². The molecule has 2 bridgehead atoms. The fourth-order valence-corrected chi connectivity index (χ4v) is 6.01. The fraction of sp³-hybridized carbons (Fsp3) is 0.343. The van der Waals surface area contributed by atoms with Crippen LogP contribution in [0.5, 0.6) is 5.75 Å². The van der Waals surface area contributed by atoms with Crippen LogP contribution in [0.2, 0.25) is 0 Å². The van der Waals surface area contributed by atoms with Crippen molar-refractivity contribution < 1.29 is 37.0 Å². The molecule has 3 aromatic carbocycles. The van der Waals surface area contributed by atoms with Gasteiger partial charge in [-0.15, -0.1) is 0 Å². The van der Waals surface area contributed by atoms with Gasteiger partial charge in [-0.1, -0.05) is 29.8 Å². The molecule has 45 heavy (non-hydrogen) atoms. The summed E-state index contributed by atoms with van der Waals surface area (Å²) < 4.78 is 57.9. The van der Waals surface area contributed by atoms with Crippen molar-refractivity contribution in [3.05, 3.63) is 100 Å². The van der Waals surface area contributed by atoms with Gasteiger partial charge >= 0.3 is 12.1 Å². The SMILES string of the molecule is C(=C1C2CCC1CC2)C1CC1.COc1ccc(-c2cc(C(=O)O)ccc2F)cc1C(=O)NC=NCc1cccc(C(F)(F)F)c1. The van der Waals surface area contributed by atoms with Crippen LogP contribution in [0.4, 0.5) is 17.6 Å². The Balaban J connectivity index is 0.000000298. The highest BCUT2D eigenvalue weighted by molar-refractivity contribution is 6.03. The summed E-state index contributed by atoms with van der Waals surface area (Å²) in [5, 5.41) is 11.5. The number of benzene rings is 3. The van der Waals surface area contributed by atoms with E-state index in [-0.39, 0.29) is 34.5 Å². The lowest BCUT2D eigenvalue weighted by Crippen LogP contribution is -2.22. The maximum atomic E-state index is 14.3. The summed E-state index contributed by atoms with van der Waals surface area (Å²) in [5.41, 5.74) is 1.50. The van der Waals surface area contributed by atoms with Crippen molar-refractivity contribution in [1.29, 1.82) is 0 Å². The highest BCUT2D eigenvalue weighted by atomic mass is 19.4. The van der Waals surface area contributed by atoms with Gasteiger partial charge in [0.05, 0.1) is 36.7 Å². The first-order chi connectivity index (χ1) is 21.5. The van der Waals surface area contributed by atoms with Crippen LogP contribution in [0.3, 0.4) is 0 Å². The number of carbonyl (C=O) groups is 2. The average molecular weight is 623 g/mol. The number of fused-ring (bicyclic) bond motifs is 2. The molecule has 0 spiro atoms. The van der Waals surface area contributed by atoms with E-state index >= 15 is 0 Å². The molecule has 1 amide bonds. The Hall–Kier alpha value is -4.47. The second kappa shape index (κ2) is 13.7. The summed E-state index contributed by atoms with van der Waals surface area (Å²) in [7, 11) is 1.33. The van der Waals surface area contributed by atoms with Crippen LogP contribution in [-0.2, 0) is 12.7 Å². The number of carboxylic acid groups (broad SMARTS) is 1. The fourth-order valence-electron chi connectivity index (χ4n) is 6.01. The van der Waals surface area contributed by atoms with Crippen molar-refractivity contribution in [1.82, 2.24) is 5.32 Å². The second-order valence-corrected chi connectivity index (χ2v) is 11.6. The number of carbonyl (C=O) groups excluding carboxylic acids is 1. The number of methoxy groups -OCH3 is 1.